The molecule has 1 fully saturated rings. The second-order valence-corrected chi connectivity index (χ2v) is 8.17. The van der Waals surface area contributed by atoms with E-state index in [0.29, 0.717) is 11.7 Å². The summed E-state index contributed by atoms with van der Waals surface area (Å²) in [5.74, 6) is 0.929. The van der Waals surface area contributed by atoms with Crippen molar-refractivity contribution >= 4 is 29.1 Å². The van der Waals surface area contributed by atoms with Crippen LogP contribution in [0, 0.1) is 6.92 Å². The van der Waals surface area contributed by atoms with Gasteiger partial charge in [0.1, 0.15) is 5.75 Å². The van der Waals surface area contributed by atoms with Crippen molar-refractivity contribution in [3.05, 3.63) is 65.2 Å². The number of hydrogen-bond acceptors (Lipinski definition) is 5. The minimum atomic E-state index is -0.0751. The van der Waals surface area contributed by atoms with E-state index in [4.69, 9.17) is 4.74 Å². The van der Waals surface area contributed by atoms with E-state index in [9.17, 15) is 4.79 Å². The first kappa shape index (κ1) is 21.1. The SMILES string of the molecule is CCCC[C@H]1S/C(=N\N=C/c2ccc(OC)cc2)N(Cc2ccccc2C)C1=O. The lowest BCUT2D eigenvalue weighted by molar-refractivity contribution is -0.126. The Morgan fingerprint density at radius 2 is 1.93 bits per heavy atom. The first-order chi connectivity index (χ1) is 14.1. The predicted molar refractivity (Wildman–Crippen MR) is 121 cm³/mol. The van der Waals surface area contributed by atoms with Crippen molar-refractivity contribution in [1.29, 1.82) is 0 Å². The van der Waals surface area contributed by atoms with Crippen LogP contribution in [0.1, 0.15) is 42.9 Å². The van der Waals surface area contributed by atoms with Crippen molar-refractivity contribution in [3.8, 4) is 5.75 Å². The van der Waals surface area contributed by atoms with Crippen molar-refractivity contribution in [2.45, 2.75) is 44.9 Å². The number of aryl methyl sites for hydroxylation is 1. The number of nitrogens with zero attached hydrogens (tertiary/aromatic N) is 3. The number of ether oxygens (including phenoxy) is 1. The molecule has 1 aliphatic rings. The highest BCUT2D eigenvalue weighted by Crippen LogP contribution is 2.32. The molecule has 2 aromatic carbocycles. The Morgan fingerprint density at radius 3 is 2.62 bits per heavy atom. The summed E-state index contributed by atoms with van der Waals surface area (Å²) in [6.45, 7) is 4.73. The zero-order valence-corrected chi connectivity index (χ0v) is 18.0. The first-order valence-corrected chi connectivity index (χ1v) is 10.8. The third-order valence-electron chi connectivity index (χ3n) is 4.90. The fourth-order valence-corrected chi connectivity index (χ4v) is 4.24. The van der Waals surface area contributed by atoms with Crippen molar-refractivity contribution in [1.82, 2.24) is 4.90 Å². The monoisotopic (exact) mass is 409 g/mol. The van der Waals surface area contributed by atoms with Gasteiger partial charge in [-0.2, -0.15) is 5.10 Å². The Bertz CT molecular complexity index is 893. The van der Waals surface area contributed by atoms with Gasteiger partial charge >= 0.3 is 0 Å². The van der Waals surface area contributed by atoms with Gasteiger partial charge in [-0.25, -0.2) is 0 Å². The van der Waals surface area contributed by atoms with Crippen molar-refractivity contribution < 1.29 is 9.53 Å². The van der Waals surface area contributed by atoms with Gasteiger partial charge in [0.05, 0.1) is 25.1 Å². The van der Waals surface area contributed by atoms with Gasteiger partial charge in [-0.1, -0.05) is 55.8 Å². The molecule has 6 heteroatoms. The Morgan fingerprint density at radius 1 is 1.17 bits per heavy atom. The maximum atomic E-state index is 13.0. The maximum absolute atomic E-state index is 13.0. The summed E-state index contributed by atoms with van der Waals surface area (Å²) in [6, 6.07) is 15.7. The van der Waals surface area contributed by atoms with Gasteiger partial charge in [0.2, 0.25) is 5.91 Å². The number of amides is 1. The van der Waals surface area contributed by atoms with E-state index in [1.54, 1.807) is 18.2 Å². The van der Waals surface area contributed by atoms with Gasteiger partial charge in [-0.15, -0.1) is 5.10 Å². The molecule has 152 valence electrons. The third-order valence-corrected chi connectivity index (χ3v) is 6.13. The Hall–Kier alpha value is -2.60. The minimum Gasteiger partial charge on any atom is -0.497 e. The predicted octanol–water partition coefficient (Wildman–Crippen LogP) is 5.03. The summed E-state index contributed by atoms with van der Waals surface area (Å²) in [4.78, 5) is 14.8. The van der Waals surface area contributed by atoms with Gasteiger partial charge in [0.15, 0.2) is 5.17 Å². The number of benzene rings is 2. The highest BCUT2D eigenvalue weighted by molar-refractivity contribution is 8.15. The third kappa shape index (κ3) is 5.48. The number of rotatable bonds is 8. The molecule has 1 heterocycles. The molecule has 0 radical (unpaired) electrons. The molecule has 0 unspecified atom stereocenters. The number of methoxy groups -OCH3 is 1. The quantitative estimate of drug-likeness (QED) is 0.454. The number of amidine groups is 1. The van der Waals surface area contributed by atoms with E-state index in [0.717, 1.165) is 36.1 Å². The molecule has 1 atom stereocenters. The smallest absolute Gasteiger partial charge is 0.242 e. The van der Waals surface area contributed by atoms with Crippen LogP contribution in [0.4, 0.5) is 0 Å². The van der Waals surface area contributed by atoms with Crippen LogP contribution in [0.2, 0.25) is 0 Å². The molecule has 0 spiro atoms. The van der Waals surface area contributed by atoms with Gasteiger partial charge in [-0.3, -0.25) is 9.69 Å². The highest BCUT2D eigenvalue weighted by Gasteiger charge is 2.37. The van der Waals surface area contributed by atoms with Crippen LogP contribution in [0.3, 0.4) is 0 Å². The number of thioether (sulfide) groups is 1. The summed E-state index contributed by atoms with van der Waals surface area (Å²) in [5.41, 5.74) is 3.23. The topological polar surface area (TPSA) is 54.3 Å². The number of carbonyl (C=O) groups excluding carboxylic acids is 1. The van der Waals surface area contributed by atoms with Crippen LogP contribution >= 0.6 is 11.8 Å². The van der Waals surface area contributed by atoms with Crippen LogP contribution in [0.5, 0.6) is 5.75 Å². The van der Waals surface area contributed by atoms with Crippen molar-refractivity contribution in [3.63, 3.8) is 0 Å². The molecule has 2 aromatic rings. The zero-order valence-electron chi connectivity index (χ0n) is 17.2. The second-order valence-electron chi connectivity index (χ2n) is 7.00. The van der Waals surface area contributed by atoms with E-state index >= 15 is 0 Å². The van der Waals surface area contributed by atoms with Crippen LogP contribution in [0.15, 0.2) is 58.7 Å². The molecule has 1 saturated heterocycles. The lowest BCUT2D eigenvalue weighted by Crippen LogP contribution is -2.31. The molecule has 0 N–H and O–H groups in total. The first-order valence-electron chi connectivity index (χ1n) is 9.90. The van der Waals surface area contributed by atoms with Crippen molar-refractivity contribution in [2.75, 3.05) is 7.11 Å². The molecule has 0 saturated carbocycles. The van der Waals surface area contributed by atoms with E-state index in [-0.39, 0.29) is 11.2 Å². The van der Waals surface area contributed by atoms with E-state index in [1.165, 1.54) is 17.3 Å². The number of hydrogen-bond donors (Lipinski definition) is 0. The van der Waals surface area contributed by atoms with Crippen molar-refractivity contribution in [2.24, 2.45) is 10.2 Å². The van der Waals surface area contributed by atoms with Gasteiger partial charge < -0.3 is 4.74 Å². The van der Waals surface area contributed by atoms with E-state index < -0.39 is 0 Å². The number of unbranched alkanes of at least 4 members (excludes halogenated alkanes) is 1. The maximum Gasteiger partial charge on any atom is 0.242 e. The second kappa shape index (κ2) is 10.3. The summed E-state index contributed by atoms with van der Waals surface area (Å²) in [7, 11) is 1.64. The lowest BCUT2D eigenvalue weighted by atomic mass is 10.1. The summed E-state index contributed by atoms with van der Waals surface area (Å²) in [5, 5.41) is 9.25. The normalized spacial score (nSPS) is 18.2. The number of carbonyl (C=O) groups is 1. The molecule has 1 aliphatic heterocycles. The minimum absolute atomic E-state index is 0.0751. The van der Waals surface area contributed by atoms with Gasteiger partial charge in [0, 0.05) is 0 Å². The molecule has 3 rings (SSSR count). The summed E-state index contributed by atoms with van der Waals surface area (Å²) >= 11 is 1.53. The fourth-order valence-electron chi connectivity index (χ4n) is 3.10. The standard InChI is InChI=1S/C23H27N3O2S/c1-4-5-10-21-22(27)26(16-19-9-7-6-8-17(19)2)23(29-21)25-24-15-18-11-13-20(28-3)14-12-18/h6-9,11-15,21H,4-5,10,16H2,1-3H3/b24-15-,25-23-/t21-/m1/s1. The van der Waals surface area contributed by atoms with Gasteiger partial charge in [0.25, 0.3) is 0 Å². The zero-order chi connectivity index (χ0) is 20.6. The molecule has 0 aromatic heterocycles. The van der Waals surface area contributed by atoms with E-state index in [2.05, 4.69) is 36.2 Å². The fraction of sp³-hybridized carbons (Fsp3) is 0.348. The van der Waals surface area contributed by atoms with Crippen LogP contribution in [-0.4, -0.2) is 34.5 Å². The van der Waals surface area contributed by atoms with Crippen LogP contribution < -0.4 is 4.74 Å². The Kier molecular flexibility index (Phi) is 7.47. The summed E-state index contributed by atoms with van der Waals surface area (Å²) in [6.07, 6.45) is 4.67. The van der Waals surface area contributed by atoms with Gasteiger partial charge in [-0.05, 0) is 54.3 Å². The average Bonchev–Trinajstić information content (AvgIpc) is 3.03. The van der Waals surface area contributed by atoms with Crippen LogP contribution in [0.25, 0.3) is 0 Å². The van der Waals surface area contributed by atoms with E-state index in [1.807, 2.05) is 36.4 Å². The molecular weight excluding hydrogens is 382 g/mol. The molecule has 0 bridgehead atoms. The summed E-state index contributed by atoms with van der Waals surface area (Å²) < 4.78 is 5.17. The largest absolute Gasteiger partial charge is 0.497 e. The lowest BCUT2D eigenvalue weighted by Gasteiger charge is -2.17. The molecule has 0 aliphatic carbocycles. The molecular formula is C23H27N3O2S. The molecule has 29 heavy (non-hydrogen) atoms. The highest BCUT2D eigenvalue weighted by atomic mass is 32.2. The Balaban J connectivity index is 1.79. The van der Waals surface area contributed by atoms with Crippen LogP contribution in [-0.2, 0) is 11.3 Å². The molecule has 1 amide bonds. The average molecular weight is 410 g/mol. The Labute approximate surface area is 176 Å². The molecule has 5 nitrogen and oxygen atoms in total.